The molecule has 3 nitrogen and oxygen atoms in total. The van der Waals surface area contributed by atoms with Crippen molar-refractivity contribution in [3.63, 3.8) is 0 Å². The van der Waals surface area contributed by atoms with E-state index >= 15 is 0 Å². The van der Waals surface area contributed by atoms with Crippen molar-refractivity contribution in [3.8, 4) is 5.75 Å². The Balaban J connectivity index is 1.39. The highest BCUT2D eigenvalue weighted by molar-refractivity contribution is 5.22. The highest BCUT2D eigenvalue weighted by Crippen LogP contribution is 2.25. The van der Waals surface area contributed by atoms with Gasteiger partial charge in [-0.25, -0.2) is 4.39 Å². The Morgan fingerprint density at radius 2 is 1.90 bits per heavy atom. The van der Waals surface area contributed by atoms with E-state index in [1.807, 2.05) is 30.3 Å². The second kappa shape index (κ2) is 6.03. The van der Waals surface area contributed by atoms with Crippen molar-refractivity contribution in [2.24, 2.45) is 0 Å². The minimum Gasteiger partial charge on any atom is -0.491 e. The zero-order valence-electron chi connectivity index (χ0n) is 10.9. The van der Waals surface area contributed by atoms with Gasteiger partial charge >= 0.3 is 0 Å². The molecule has 1 aliphatic heterocycles. The zero-order chi connectivity index (χ0) is 13.8. The number of hydrogen-bond acceptors (Lipinski definition) is 3. The molecule has 2 unspecified atom stereocenters. The number of epoxide rings is 1. The van der Waals surface area contributed by atoms with Crippen LogP contribution >= 0.6 is 0 Å². The van der Waals surface area contributed by atoms with Gasteiger partial charge in [0, 0.05) is 6.07 Å². The molecule has 0 spiro atoms. The van der Waals surface area contributed by atoms with E-state index in [1.54, 1.807) is 12.1 Å². The topological polar surface area (TPSA) is 31.0 Å². The van der Waals surface area contributed by atoms with E-state index in [1.165, 1.54) is 12.1 Å². The summed E-state index contributed by atoms with van der Waals surface area (Å²) in [7, 11) is 0. The number of benzene rings is 2. The maximum Gasteiger partial charge on any atom is 0.188 e. The lowest BCUT2D eigenvalue weighted by Gasteiger charge is -2.04. The average molecular weight is 274 g/mol. The molecule has 1 saturated heterocycles. The van der Waals surface area contributed by atoms with Gasteiger partial charge < -0.3 is 14.2 Å². The van der Waals surface area contributed by atoms with Crippen LogP contribution in [-0.2, 0) is 16.1 Å². The molecule has 1 heterocycles. The quantitative estimate of drug-likeness (QED) is 0.758. The van der Waals surface area contributed by atoms with E-state index < -0.39 is 0 Å². The van der Waals surface area contributed by atoms with Gasteiger partial charge in [-0.2, -0.15) is 0 Å². The lowest BCUT2D eigenvalue weighted by molar-refractivity contribution is 0.0385. The number of hydrogen-bond donors (Lipinski definition) is 0. The van der Waals surface area contributed by atoms with E-state index in [2.05, 4.69) is 0 Å². The Morgan fingerprint density at radius 3 is 2.70 bits per heavy atom. The highest BCUT2D eigenvalue weighted by Gasteiger charge is 2.40. The largest absolute Gasteiger partial charge is 0.491 e. The molecule has 0 amide bonds. The van der Waals surface area contributed by atoms with Gasteiger partial charge in [-0.15, -0.1) is 0 Å². The second-order valence-corrected chi connectivity index (χ2v) is 4.61. The van der Waals surface area contributed by atoms with Crippen molar-refractivity contribution >= 4 is 0 Å². The Hall–Kier alpha value is -1.91. The molecule has 0 bridgehead atoms. The molecule has 0 aliphatic carbocycles. The Bertz CT molecular complexity index is 559. The lowest BCUT2D eigenvalue weighted by Crippen LogP contribution is -2.09. The summed E-state index contributed by atoms with van der Waals surface area (Å²) in [5.41, 5.74) is 1.10. The second-order valence-electron chi connectivity index (χ2n) is 4.61. The van der Waals surface area contributed by atoms with E-state index in [9.17, 15) is 4.39 Å². The molecule has 0 saturated carbocycles. The normalized spacial score (nSPS) is 20.6. The number of ether oxygens (including phenoxy) is 3. The summed E-state index contributed by atoms with van der Waals surface area (Å²) < 4.78 is 29.3. The van der Waals surface area contributed by atoms with Gasteiger partial charge in [0.25, 0.3) is 0 Å². The minimum absolute atomic E-state index is 0.0815. The first-order chi connectivity index (χ1) is 9.81. The summed E-state index contributed by atoms with van der Waals surface area (Å²) >= 11 is 0. The first-order valence-corrected chi connectivity index (χ1v) is 6.50. The van der Waals surface area contributed by atoms with E-state index in [4.69, 9.17) is 14.2 Å². The summed E-state index contributed by atoms with van der Waals surface area (Å²) in [4.78, 5) is 0. The van der Waals surface area contributed by atoms with Gasteiger partial charge in [-0.3, -0.25) is 0 Å². The predicted molar refractivity (Wildman–Crippen MR) is 71.8 cm³/mol. The monoisotopic (exact) mass is 274 g/mol. The van der Waals surface area contributed by atoms with E-state index in [-0.39, 0.29) is 18.2 Å². The molecule has 4 heteroatoms. The van der Waals surface area contributed by atoms with Crippen LogP contribution < -0.4 is 4.74 Å². The van der Waals surface area contributed by atoms with Crippen LogP contribution in [0.4, 0.5) is 4.39 Å². The van der Waals surface area contributed by atoms with Crippen molar-refractivity contribution in [2.75, 3.05) is 6.61 Å². The standard InChI is InChI=1S/C16H15FO3/c17-13-7-4-8-14(9-13)18-11-15-16(20-15)19-10-12-5-2-1-3-6-12/h1-9,15-16H,10-11H2. The third-order valence-electron chi connectivity index (χ3n) is 3.00. The van der Waals surface area contributed by atoms with Gasteiger partial charge in [0.2, 0.25) is 0 Å². The fourth-order valence-corrected chi connectivity index (χ4v) is 1.88. The lowest BCUT2D eigenvalue weighted by atomic mass is 10.2. The van der Waals surface area contributed by atoms with Crippen LogP contribution in [0.15, 0.2) is 54.6 Å². The van der Waals surface area contributed by atoms with Crippen molar-refractivity contribution in [2.45, 2.75) is 19.0 Å². The molecule has 1 fully saturated rings. The van der Waals surface area contributed by atoms with Gasteiger partial charge in [0.15, 0.2) is 6.29 Å². The van der Waals surface area contributed by atoms with Crippen LogP contribution in [0.5, 0.6) is 5.75 Å². The minimum atomic E-state index is -0.309. The van der Waals surface area contributed by atoms with Crippen LogP contribution in [0, 0.1) is 5.82 Å². The molecule has 0 N–H and O–H groups in total. The first-order valence-electron chi connectivity index (χ1n) is 6.50. The maximum atomic E-state index is 13.0. The molecule has 3 rings (SSSR count). The van der Waals surface area contributed by atoms with Gasteiger partial charge in [0.05, 0.1) is 6.61 Å². The van der Waals surface area contributed by atoms with E-state index in [0.717, 1.165) is 5.56 Å². The molecule has 104 valence electrons. The fourth-order valence-electron chi connectivity index (χ4n) is 1.88. The van der Waals surface area contributed by atoms with E-state index in [0.29, 0.717) is 19.0 Å². The molecule has 20 heavy (non-hydrogen) atoms. The van der Waals surface area contributed by atoms with Crippen LogP contribution in [0.25, 0.3) is 0 Å². The molecule has 2 aromatic carbocycles. The summed E-state index contributed by atoms with van der Waals surface area (Å²) in [6.07, 6.45) is -0.314. The van der Waals surface area contributed by atoms with Gasteiger partial charge in [-0.1, -0.05) is 36.4 Å². The number of halogens is 1. The highest BCUT2D eigenvalue weighted by atomic mass is 19.1. The molecule has 0 aromatic heterocycles. The molecular formula is C16H15FO3. The summed E-state index contributed by atoms with van der Waals surface area (Å²) in [6.45, 7) is 0.880. The summed E-state index contributed by atoms with van der Waals surface area (Å²) in [5.74, 6) is 0.193. The van der Waals surface area contributed by atoms with Crippen molar-refractivity contribution in [1.29, 1.82) is 0 Å². The fraction of sp³-hybridized carbons (Fsp3) is 0.250. The predicted octanol–water partition coefficient (Wildman–Crippen LogP) is 3.15. The van der Waals surface area contributed by atoms with Crippen LogP contribution in [0.3, 0.4) is 0 Å². The zero-order valence-corrected chi connectivity index (χ0v) is 10.9. The Kier molecular flexibility index (Phi) is 3.95. The van der Waals surface area contributed by atoms with Gasteiger partial charge in [-0.05, 0) is 17.7 Å². The van der Waals surface area contributed by atoms with Gasteiger partial charge in [0.1, 0.15) is 24.3 Å². The summed E-state index contributed by atoms with van der Waals surface area (Å²) in [6, 6.07) is 16.0. The third kappa shape index (κ3) is 3.56. The summed E-state index contributed by atoms with van der Waals surface area (Å²) in [5, 5.41) is 0. The van der Waals surface area contributed by atoms with Crippen molar-refractivity contribution in [3.05, 3.63) is 66.0 Å². The molecule has 0 radical (unpaired) electrons. The van der Waals surface area contributed by atoms with Crippen LogP contribution in [0.2, 0.25) is 0 Å². The molecular weight excluding hydrogens is 259 g/mol. The number of rotatable bonds is 6. The molecule has 1 aliphatic rings. The first kappa shape index (κ1) is 13.1. The third-order valence-corrected chi connectivity index (χ3v) is 3.00. The smallest absolute Gasteiger partial charge is 0.188 e. The maximum absolute atomic E-state index is 13.0. The van der Waals surface area contributed by atoms with Crippen molar-refractivity contribution in [1.82, 2.24) is 0 Å². The average Bonchev–Trinajstić information content (AvgIpc) is 3.23. The SMILES string of the molecule is Fc1cccc(OCC2OC2OCc2ccccc2)c1. The van der Waals surface area contributed by atoms with Crippen LogP contribution in [-0.4, -0.2) is 19.0 Å². The molecule has 2 aromatic rings. The van der Waals surface area contributed by atoms with Crippen molar-refractivity contribution < 1.29 is 18.6 Å². The Labute approximate surface area is 116 Å². The Morgan fingerprint density at radius 1 is 1.05 bits per heavy atom. The van der Waals surface area contributed by atoms with Crippen LogP contribution in [0.1, 0.15) is 5.56 Å². The molecule has 2 atom stereocenters.